The van der Waals surface area contributed by atoms with Gasteiger partial charge in [-0.25, -0.2) is 4.79 Å². The first-order valence-corrected chi connectivity index (χ1v) is 15.4. The first kappa shape index (κ1) is 32.8. The Kier molecular flexibility index (Phi) is 10.2. The molecule has 1 atom stereocenters. The Morgan fingerprint density at radius 1 is 0.913 bits per heavy atom. The van der Waals surface area contributed by atoms with E-state index in [0.29, 0.717) is 50.2 Å². The summed E-state index contributed by atoms with van der Waals surface area (Å²) in [4.78, 5) is 12.6. The fourth-order valence-corrected chi connectivity index (χ4v) is 5.59. The van der Waals surface area contributed by atoms with E-state index >= 15 is 0 Å². The Balaban J connectivity index is 1.36. The summed E-state index contributed by atoms with van der Waals surface area (Å²) in [6.45, 7) is 5.83. The number of hydrogen-bond donors (Lipinski definition) is 1. The molecule has 1 aliphatic heterocycles. The van der Waals surface area contributed by atoms with Crippen molar-refractivity contribution >= 4 is 40.8 Å². The SMILES string of the molecule is CCOc1cc(C2C(C#N)=C(N)Oc3cc(OC(=O)COc4cc(C)c(Cl)c(C)c4)ccc32)ccc1OCc1ccc(Cl)cc1Cl. The van der Waals surface area contributed by atoms with E-state index in [2.05, 4.69) is 6.07 Å². The van der Waals surface area contributed by atoms with Gasteiger partial charge in [-0.3, -0.25) is 0 Å². The van der Waals surface area contributed by atoms with E-state index in [4.69, 9.17) is 64.2 Å². The summed E-state index contributed by atoms with van der Waals surface area (Å²) in [7, 11) is 0. The lowest BCUT2D eigenvalue weighted by Crippen LogP contribution is -2.22. The van der Waals surface area contributed by atoms with Crippen LogP contribution in [0, 0.1) is 25.2 Å². The topological polar surface area (TPSA) is 113 Å². The molecule has 11 heteroatoms. The molecule has 0 saturated heterocycles. The average Bonchev–Trinajstić information content (AvgIpc) is 3.02. The average molecular weight is 680 g/mol. The van der Waals surface area contributed by atoms with Gasteiger partial charge < -0.3 is 29.4 Å². The number of nitriles is 1. The normalized spacial score (nSPS) is 13.7. The summed E-state index contributed by atoms with van der Waals surface area (Å²) in [6.07, 6.45) is 0. The molecule has 0 saturated carbocycles. The van der Waals surface area contributed by atoms with Crippen molar-refractivity contribution in [1.82, 2.24) is 0 Å². The predicted molar refractivity (Wildman–Crippen MR) is 176 cm³/mol. The zero-order chi connectivity index (χ0) is 33.0. The van der Waals surface area contributed by atoms with Crippen LogP contribution in [0.2, 0.25) is 15.1 Å². The van der Waals surface area contributed by atoms with Crippen molar-refractivity contribution in [1.29, 1.82) is 5.26 Å². The van der Waals surface area contributed by atoms with E-state index in [1.165, 1.54) is 0 Å². The first-order chi connectivity index (χ1) is 22.1. The molecule has 46 heavy (non-hydrogen) atoms. The summed E-state index contributed by atoms with van der Waals surface area (Å²) in [5.74, 6) is 0.781. The minimum Gasteiger partial charge on any atom is -0.490 e. The third-order valence-corrected chi connectivity index (χ3v) is 8.37. The van der Waals surface area contributed by atoms with Crippen molar-refractivity contribution in [3.63, 3.8) is 0 Å². The van der Waals surface area contributed by atoms with Gasteiger partial charge in [-0.1, -0.05) is 53.0 Å². The number of halogens is 3. The van der Waals surface area contributed by atoms with Gasteiger partial charge in [0.05, 0.1) is 12.5 Å². The number of nitrogens with two attached hydrogens (primary N) is 1. The number of carbonyl (C=O) groups excluding carboxylic acids is 1. The lowest BCUT2D eigenvalue weighted by atomic mass is 9.83. The highest BCUT2D eigenvalue weighted by Gasteiger charge is 2.32. The molecular weight excluding hydrogens is 651 g/mol. The van der Waals surface area contributed by atoms with Crippen molar-refractivity contribution in [3.8, 4) is 34.8 Å². The second kappa shape index (κ2) is 14.3. The molecule has 0 spiro atoms. The zero-order valence-corrected chi connectivity index (χ0v) is 27.4. The Morgan fingerprint density at radius 2 is 1.67 bits per heavy atom. The summed E-state index contributed by atoms with van der Waals surface area (Å²) < 4.78 is 28.9. The first-order valence-electron chi connectivity index (χ1n) is 14.2. The standard InChI is InChI=1S/C35H29Cl3N2O6/c1-4-42-31-13-21(6-10-29(31)44-17-22-5-7-23(36)14-28(22)37)33-26-9-8-24(15-30(26)46-35(40)27(33)16-39)45-32(41)18-43-25-11-19(2)34(38)20(3)12-25/h5-15,33H,4,17-18,40H2,1-3H3. The molecule has 1 unspecified atom stereocenters. The number of fused-ring (bicyclic) bond motifs is 1. The van der Waals surface area contributed by atoms with Crippen LogP contribution in [0.1, 0.15) is 40.7 Å². The molecule has 1 aliphatic rings. The lowest BCUT2D eigenvalue weighted by Gasteiger charge is -2.27. The van der Waals surface area contributed by atoms with Crippen molar-refractivity contribution in [3.05, 3.63) is 121 Å². The maximum absolute atomic E-state index is 12.6. The van der Waals surface area contributed by atoms with Gasteiger partial charge in [0.15, 0.2) is 18.1 Å². The number of ether oxygens (including phenoxy) is 5. The quantitative estimate of drug-likeness (QED) is 0.131. The molecule has 0 bridgehead atoms. The summed E-state index contributed by atoms with van der Waals surface area (Å²) >= 11 is 18.6. The molecular formula is C35H29Cl3N2O6. The van der Waals surface area contributed by atoms with Crippen molar-refractivity contribution < 1.29 is 28.5 Å². The second-order valence-corrected chi connectivity index (χ2v) is 11.6. The number of aryl methyl sites for hydroxylation is 2. The molecule has 0 radical (unpaired) electrons. The molecule has 8 nitrogen and oxygen atoms in total. The number of rotatable bonds is 10. The molecule has 4 aromatic rings. The fourth-order valence-electron chi connectivity index (χ4n) is 5.02. The van der Waals surface area contributed by atoms with Gasteiger partial charge in [0.1, 0.15) is 35.5 Å². The molecule has 0 fully saturated rings. The van der Waals surface area contributed by atoms with Crippen LogP contribution >= 0.6 is 34.8 Å². The Hall–Kier alpha value is -4.55. The smallest absolute Gasteiger partial charge is 0.349 e. The van der Waals surface area contributed by atoms with Crippen molar-refractivity contribution in [2.24, 2.45) is 5.73 Å². The number of allylic oxidation sites excluding steroid dienone is 1. The third-order valence-electron chi connectivity index (χ3n) is 7.19. The Morgan fingerprint density at radius 3 is 2.37 bits per heavy atom. The highest BCUT2D eigenvalue weighted by atomic mass is 35.5. The molecule has 0 aliphatic carbocycles. The van der Waals surface area contributed by atoms with Crippen molar-refractivity contribution in [2.75, 3.05) is 13.2 Å². The maximum Gasteiger partial charge on any atom is 0.349 e. The van der Waals surface area contributed by atoms with Crippen LogP contribution in [-0.4, -0.2) is 19.2 Å². The third kappa shape index (κ3) is 7.29. The number of benzene rings is 4. The highest BCUT2D eigenvalue weighted by molar-refractivity contribution is 6.35. The molecule has 0 amide bonds. The lowest BCUT2D eigenvalue weighted by molar-refractivity contribution is -0.136. The number of hydrogen-bond acceptors (Lipinski definition) is 8. The zero-order valence-electron chi connectivity index (χ0n) is 25.2. The Bertz CT molecular complexity index is 1860. The Labute approximate surface area is 281 Å². The van der Waals surface area contributed by atoms with Crippen LogP contribution < -0.4 is 29.4 Å². The number of esters is 1. The summed E-state index contributed by atoms with van der Waals surface area (Å²) in [5, 5.41) is 11.7. The van der Waals surface area contributed by atoms with Crippen LogP contribution in [0.5, 0.6) is 28.7 Å². The van der Waals surface area contributed by atoms with E-state index in [1.54, 1.807) is 60.7 Å². The van der Waals surface area contributed by atoms with Gasteiger partial charge in [0.25, 0.3) is 0 Å². The monoisotopic (exact) mass is 678 g/mol. The molecule has 5 rings (SSSR count). The largest absolute Gasteiger partial charge is 0.490 e. The van der Waals surface area contributed by atoms with Crippen LogP contribution in [-0.2, 0) is 11.4 Å². The molecule has 1 heterocycles. The van der Waals surface area contributed by atoms with Gasteiger partial charge in [0, 0.05) is 32.3 Å². The predicted octanol–water partition coefficient (Wildman–Crippen LogP) is 8.44. The molecule has 4 aromatic carbocycles. The van der Waals surface area contributed by atoms with Crippen molar-refractivity contribution in [2.45, 2.75) is 33.3 Å². The highest BCUT2D eigenvalue weighted by Crippen LogP contribution is 2.45. The van der Waals surface area contributed by atoms with E-state index in [1.807, 2.05) is 26.8 Å². The van der Waals surface area contributed by atoms with E-state index < -0.39 is 11.9 Å². The number of nitrogens with zero attached hydrogens (tertiary/aromatic N) is 1. The minimum absolute atomic E-state index is 0.0593. The van der Waals surface area contributed by atoms with Crippen LogP contribution in [0.3, 0.4) is 0 Å². The molecule has 0 aromatic heterocycles. The molecule has 2 N–H and O–H groups in total. The summed E-state index contributed by atoms with van der Waals surface area (Å²) in [5.41, 5.74) is 10.2. The number of carbonyl (C=O) groups is 1. The second-order valence-electron chi connectivity index (χ2n) is 10.4. The van der Waals surface area contributed by atoms with E-state index in [-0.39, 0.29) is 30.4 Å². The van der Waals surface area contributed by atoms with Crippen LogP contribution in [0.4, 0.5) is 0 Å². The molecule has 236 valence electrons. The van der Waals surface area contributed by atoms with Gasteiger partial charge in [-0.2, -0.15) is 5.26 Å². The van der Waals surface area contributed by atoms with Gasteiger partial charge >= 0.3 is 5.97 Å². The van der Waals surface area contributed by atoms with Crippen LogP contribution in [0.15, 0.2) is 78.2 Å². The maximum atomic E-state index is 12.6. The van der Waals surface area contributed by atoms with E-state index in [9.17, 15) is 10.1 Å². The van der Waals surface area contributed by atoms with Gasteiger partial charge in [0.2, 0.25) is 5.88 Å². The minimum atomic E-state index is -0.615. The van der Waals surface area contributed by atoms with Gasteiger partial charge in [-0.05, 0) is 79.9 Å². The summed E-state index contributed by atoms with van der Waals surface area (Å²) in [6, 6.07) is 21.2. The van der Waals surface area contributed by atoms with Gasteiger partial charge in [-0.15, -0.1) is 0 Å². The van der Waals surface area contributed by atoms with Crippen LogP contribution in [0.25, 0.3) is 0 Å². The van der Waals surface area contributed by atoms with E-state index in [0.717, 1.165) is 22.3 Å². The fraction of sp³-hybridized carbons (Fsp3) is 0.200.